The monoisotopic (exact) mass is 204 g/mol. The van der Waals surface area contributed by atoms with E-state index in [0.717, 1.165) is 11.3 Å². The zero-order chi connectivity index (χ0) is 10.5. The van der Waals surface area contributed by atoms with Gasteiger partial charge in [-0.25, -0.2) is 4.98 Å². The van der Waals surface area contributed by atoms with Gasteiger partial charge in [0, 0.05) is 11.8 Å². The van der Waals surface area contributed by atoms with Crippen molar-refractivity contribution in [3.05, 3.63) is 48.0 Å². The largest absolute Gasteiger partial charge is 0.467 e. The lowest BCUT2D eigenvalue weighted by Crippen LogP contribution is -1.99. The van der Waals surface area contributed by atoms with Crippen molar-refractivity contribution >= 4 is 5.82 Å². The first-order valence-electron chi connectivity index (χ1n) is 4.66. The van der Waals surface area contributed by atoms with Crippen LogP contribution in [0.4, 0.5) is 5.82 Å². The maximum atomic E-state index is 5.67. The van der Waals surface area contributed by atoms with Crippen molar-refractivity contribution in [3.8, 4) is 0 Å². The molecule has 0 amide bonds. The van der Waals surface area contributed by atoms with Gasteiger partial charge in [0.25, 0.3) is 0 Å². The van der Waals surface area contributed by atoms with Crippen LogP contribution in [0.3, 0.4) is 0 Å². The van der Waals surface area contributed by atoms with Gasteiger partial charge in [0.05, 0.1) is 12.9 Å². The fourth-order valence-corrected chi connectivity index (χ4v) is 1.23. The molecule has 4 nitrogen and oxygen atoms in total. The second kappa shape index (κ2) is 4.61. The first-order chi connectivity index (χ1) is 7.36. The Morgan fingerprint density at radius 2 is 2.20 bits per heavy atom. The number of nitrogens with zero attached hydrogens (tertiary/aromatic N) is 1. The van der Waals surface area contributed by atoms with Crippen LogP contribution in [0.2, 0.25) is 0 Å². The van der Waals surface area contributed by atoms with E-state index in [-0.39, 0.29) is 0 Å². The highest BCUT2D eigenvalue weighted by Crippen LogP contribution is 2.10. The number of ether oxygens (including phenoxy) is 1. The van der Waals surface area contributed by atoms with E-state index in [0.29, 0.717) is 19.0 Å². The number of hydrogen-bond donors (Lipinski definition) is 1. The summed E-state index contributed by atoms with van der Waals surface area (Å²) < 4.78 is 10.6. The van der Waals surface area contributed by atoms with E-state index in [1.807, 2.05) is 24.3 Å². The third-order valence-corrected chi connectivity index (χ3v) is 2.01. The average molecular weight is 204 g/mol. The zero-order valence-electron chi connectivity index (χ0n) is 8.22. The van der Waals surface area contributed by atoms with Crippen molar-refractivity contribution in [1.82, 2.24) is 4.98 Å². The van der Waals surface area contributed by atoms with Crippen LogP contribution in [0.1, 0.15) is 11.3 Å². The number of furan rings is 1. The summed E-state index contributed by atoms with van der Waals surface area (Å²) in [4.78, 5) is 3.97. The van der Waals surface area contributed by atoms with Crippen LogP contribution in [0, 0.1) is 0 Å². The molecule has 0 aliphatic carbocycles. The predicted octanol–water partition coefficient (Wildman–Crippen LogP) is 1.97. The van der Waals surface area contributed by atoms with Crippen molar-refractivity contribution in [3.63, 3.8) is 0 Å². The number of nitrogen functional groups attached to an aromatic ring is 1. The Morgan fingerprint density at radius 1 is 1.27 bits per heavy atom. The summed E-state index contributed by atoms with van der Waals surface area (Å²) >= 11 is 0. The van der Waals surface area contributed by atoms with Gasteiger partial charge in [-0.05, 0) is 18.2 Å². The molecular weight excluding hydrogens is 192 g/mol. The minimum atomic E-state index is 0.445. The van der Waals surface area contributed by atoms with Gasteiger partial charge in [0.15, 0.2) is 0 Å². The van der Waals surface area contributed by atoms with Crippen LogP contribution in [-0.4, -0.2) is 4.98 Å². The molecule has 0 radical (unpaired) electrons. The van der Waals surface area contributed by atoms with Crippen LogP contribution in [0.25, 0.3) is 0 Å². The molecule has 0 aromatic carbocycles. The van der Waals surface area contributed by atoms with Crippen molar-refractivity contribution in [2.24, 2.45) is 0 Å². The van der Waals surface area contributed by atoms with Crippen molar-refractivity contribution in [2.75, 3.05) is 5.73 Å². The molecule has 0 aliphatic rings. The molecule has 2 heterocycles. The van der Waals surface area contributed by atoms with Crippen LogP contribution >= 0.6 is 0 Å². The summed E-state index contributed by atoms with van der Waals surface area (Å²) in [5, 5.41) is 0. The van der Waals surface area contributed by atoms with Crippen molar-refractivity contribution < 1.29 is 9.15 Å². The molecule has 2 N–H and O–H groups in total. The summed E-state index contributed by atoms with van der Waals surface area (Å²) in [6.07, 6.45) is 3.28. The van der Waals surface area contributed by atoms with Crippen LogP contribution in [0.15, 0.2) is 41.1 Å². The van der Waals surface area contributed by atoms with Crippen LogP contribution < -0.4 is 5.73 Å². The molecular formula is C11H12N2O2. The van der Waals surface area contributed by atoms with E-state index < -0.39 is 0 Å². The van der Waals surface area contributed by atoms with E-state index in [9.17, 15) is 0 Å². The summed E-state index contributed by atoms with van der Waals surface area (Å²) in [6, 6.07) is 7.43. The van der Waals surface area contributed by atoms with Crippen LogP contribution in [0.5, 0.6) is 0 Å². The number of aromatic nitrogens is 1. The lowest BCUT2D eigenvalue weighted by atomic mass is 10.3. The van der Waals surface area contributed by atoms with Gasteiger partial charge in [-0.15, -0.1) is 0 Å². The highest BCUT2D eigenvalue weighted by Gasteiger charge is 2.00. The summed E-state index contributed by atoms with van der Waals surface area (Å²) in [5.41, 5.74) is 6.56. The molecule has 0 aliphatic heterocycles. The molecule has 0 atom stereocenters. The standard InChI is InChI=1S/C11H12N2O2/c12-11-9(3-1-5-13-11)7-14-8-10-4-2-6-15-10/h1-6H,7-8H2,(H2,12,13). The number of hydrogen-bond acceptors (Lipinski definition) is 4. The Balaban J connectivity index is 1.86. The average Bonchev–Trinajstić information content (AvgIpc) is 2.74. The third-order valence-electron chi connectivity index (χ3n) is 2.01. The number of nitrogens with two attached hydrogens (primary N) is 1. The van der Waals surface area contributed by atoms with Gasteiger partial charge >= 0.3 is 0 Å². The van der Waals surface area contributed by atoms with E-state index in [2.05, 4.69) is 4.98 Å². The Bertz CT molecular complexity index is 412. The Morgan fingerprint density at radius 3 is 2.93 bits per heavy atom. The van der Waals surface area contributed by atoms with Crippen molar-refractivity contribution in [2.45, 2.75) is 13.2 Å². The van der Waals surface area contributed by atoms with Crippen molar-refractivity contribution in [1.29, 1.82) is 0 Å². The Hall–Kier alpha value is -1.81. The lowest BCUT2D eigenvalue weighted by molar-refractivity contribution is 0.0932. The minimum absolute atomic E-state index is 0.445. The van der Waals surface area contributed by atoms with E-state index in [1.165, 1.54) is 0 Å². The van der Waals surface area contributed by atoms with E-state index in [1.54, 1.807) is 12.5 Å². The Kier molecular flexibility index (Phi) is 2.99. The summed E-state index contributed by atoms with van der Waals surface area (Å²) in [5.74, 6) is 1.31. The van der Waals surface area contributed by atoms with Gasteiger partial charge in [-0.3, -0.25) is 0 Å². The van der Waals surface area contributed by atoms with Gasteiger partial charge in [-0.1, -0.05) is 6.07 Å². The number of pyridine rings is 1. The topological polar surface area (TPSA) is 61.3 Å². The molecule has 78 valence electrons. The highest BCUT2D eigenvalue weighted by atomic mass is 16.5. The summed E-state index contributed by atoms with van der Waals surface area (Å²) in [7, 11) is 0. The highest BCUT2D eigenvalue weighted by molar-refractivity contribution is 5.37. The second-order valence-corrected chi connectivity index (χ2v) is 3.12. The van der Waals surface area contributed by atoms with Gasteiger partial charge < -0.3 is 14.9 Å². The quantitative estimate of drug-likeness (QED) is 0.827. The Labute approximate surface area is 87.7 Å². The molecule has 0 unspecified atom stereocenters. The zero-order valence-corrected chi connectivity index (χ0v) is 8.22. The first-order valence-corrected chi connectivity index (χ1v) is 4.66. The summed E-state index contributed by atoms with van der Waals surface area (Å²) in [6.45, 7) is 0.891. The maximum absolute atomic E-state index is 5.67. The molecule has 2 aromatic heterocycles. The fraction of sp³-hybridized carbons (Fsp3) is 0.182. The molecule has 4 heteroatoms. The van der Waals surface area contributed by atoms with Crippen LogP contribution in [-0.2, 0) is 18.0 Å². The fourth-order valence-electron chi connectivity index (χ4n) is 1.23. The normalized spacial score (nSPS) is 10.4. The molecule has 0 saturated carbocycles. The van der Waals surface area contributed by atoms with E-state index in [4.69, 9.17) is 14.9 Å². The molecule has 0 spiro atoms. The molecule has 0 bridgehead atoms. The maximum Gasteiger partial charge on any atom is 0.129 e. The molecule has 15 heavy (non-hydrogen) atoms. The molecule has 2 rings (SSSR count). The second-order valence-electron chi connectivity index (χ2n) is 3.12. The van der Waals surface area contributed by atoms with Gasteiger partial charge in [0.1, 0.15) is 18.2 Å². The van der Waals surface area contributed by atoms with Gasteiger partial charge in [-0.2, -0.15) is 0 Å². The predicted molar refractivity (Wildman–Crippen MR) is 55.9 cm³/mol. The SMILES string of the molecule is Nc1ncccc1COCc1ccco1. The number of anilines is 1. The van der Waals surface area contributed by atoms with Gasteiger partial charge in [0.2, 0.25) is 0 Å². The smallest absolute Gasteiger partial charge is 0.129 e. The first kappa shape index (κ1) is 9.73. The molecule has 0 saturated heterocycles. The molecule has 2 aromatic rings. The lowest BCUT2D eigenvalue weighted by Gasteiger charge is -2.04. The number of rotatable bonds is 4. The third kappa shape index (κ3) is 2.57. The minimum Gasteiger partial charge on any atom is -0.467 e. The van der Waals surface area contributed by atoms with E-state index >= 15 is 0 Å². The molecule has 0 fully saturated rings.